The van der Waals surface area contributed by atoms with Crippen molar-refractivity contribution >= 4 is 17.5 Å². The molecule has 2 rings (SSSR count). The summed E-state index contributed by atoms with van der Waals surface area (Å²) in [5.41, 5.74) is 1.30. The molecule has 2 N–H and O–H groups in total. The van der Waals surface area contributed by atoms with Crippen LogP contribution in [0.3, 0.4) is 0 Å². The van der Waals surface area contributed by atoms with Crippen LogP contribution in [0.15, 0.2) is 24.3 Å². The number of carbonyl (C=O) groups excluding carboxylic acids is 2. The summed E-state index contributed by atoms with van der Waals surface area (Å²) in [6.45, 7) is 6.61. The first-order chi connectivity index (χ1) is 10.7. The largest absolute Gasteiger partial charge is 0.379 e. The first-order valence-corrected chi connectivity index (χ1v) is 7.67. The van der Waals surface area contributed by atoms with E-state index in [1.807, 2.05) is 0 Å². The number of ether oxygens (including phenoxy) is 1. The van der Waals surface area contributed by atoms with Crippen molar-refractivity contribution in [2.45, 2.75) is 13.3 Å². The zero-order chi connectivity index (χ0) is 15.8. The molecule has 0 bridgehead atoms. The summed E-state index contributed by atoms with van der Waals surface area (Å²) in [7, 11) is 0. The molecule has 1 heterocycles. The monoisotopic (exact) mass is 305 g/mol. The number of nitrogens with zero attached hydrogens (tertiary/aromatic N) is 1. The van der Waals surface area contributed by atoms with Crippen molar-refractivity contribution < 1.29 is 14.3 Å². The number of hydrogen-bond donors (Lipinski definition) is 2. The zero-order valence-corrected chi connectivity index (χ0v) is 12.9. The lowest BCUT2D eigenvalue weighted by Gasteiger charge is -2.26. The average Bonchev–Trinajstić information content (AvgIpc) is 2.56. The van der Waals surface area contributed by atoms with Gasteiger partial charge in [-0.25, -0.2) is 0 Å². The fraction of sp³-hybridized carbons (Fsp3) is 0.500. The van der Waals surface area contributed by atoms with E-state index in [2.05, 4.69) is 15.5 Å². The Balaban J connectivity index is 1.75. The molecule has 22 heavy (non-hydrogen) atoms. The molecule has 1 fully saturated rings. The maximum atomic E-state index is 12.0. The lowest BCUT2D eigenvalue weighted by atomic mass is 10.2. The second-order valence-corrected chi connectivity index (χ2v) is 5.19. The highest BCUT2D eigenvalue weighted by Gasteiger charge is 2.11. The minimum atomic E-state index is -0.0957. The minimum Gasteiger partial charge on any atom is -0.379 e. The maximum Gasteiger partial charge on any atom is 0.251 e. The van der Waals surface area contributed by atoms with Gasteiger partial charge in [0.1, 0.15) is 0 Å². The van der Waals surface area contributed by atoms with Gasteiger partial charge in [0.25, 0.3) is 5.91 Å². The van der Waals surface area contributed by atoms with E-state index in [-0.39, 0.29) is 11.8 Å². The third kappa shape index (κ3) is 5.13. The van der Waals surface area contributed by atoms with Crippen LogP contribution >= 0.6 is 0 Å². The van der Waals surface area contributed by atoms with Crippen LogP contribution in [-0.4, -0.2) is 56.1 Å². The van der Waals surface area contributed by atoms with Gasteiger partial charge in [0.2, 0.25) is 5.91 Å². The lowest BCUT2D eigenvalue weighted by molar-refractivity contribution is -0.115. The SMILES string of the molecule is CCC(=O)Nc1ccc(C(=O)NCCN2CCOCC2)cc1. The highest BCUT2D eigenvalue weighted by atomic mass is 16.5. The Hall–Kier alpha value is -1.92. The van der Waals surface area contributed by atoms with E-state index in [0.717, 1.165) is 32.8 Å². The van der Waals surface area contributed by atoms with Crippen molar-refractivity contribution in [3.8, 4) is 0 Å². The van der Waals surface area contributed by atoms with E-state index in [0.29, 0.717) is 24.2 Å². The number of morpholine rings is 1. The van der Waals surface area contributed by atoms with E-state index in [9.17, 15) is 9.59 Å². The molecule has 1 aromatic carbocycles. The standard InChI is InChI=1S/C16H23N3O3/c1-2-15(20)18-14-5-3-13(4-6-14)16(21)17-7-8-19-9-11-22-12-10-19/h3-6H,2,7-12H2,1H3,(H,17,21)(H,18,20). The first-order valence-electron chi connectivity index (χ1n) is 7.67. The van der Waals surface area contributed by atoms with Gasteiger partial charge in [-0.3, -0.25) is 14.5 Å². The number of amides is 2. The molecule has 120 valence electrons. The molecule has 6 nitrogen and oxygen atoms in total. The van der Waals surface area contributed by atoms with Crippen molar-refractivity contribution in [3.63, 3.8) is 0 Å². The van der Waals surface area contributed by atoms with Crippen molar-refractivity contribution in [1.82, 2.24) is 10.2 Å². The molecule has 0 aromatic heterocycles. The van der Waals surface area contributed by atoms with Gasteiger partial charge < -0.3 is 15.4 Å². The fourth-order valence-corrected chi connectivity index (χ4v) is 2.21. The Kier molecular flexibility index (Phi) is 6.36. The van der Waals surface area contributed by atoms with Crippen LogP contribution in [0.2, 0.25) is 0 Å². The lowest BCUT2D eigenvalue weighted by Crippen LogP contribution is -2.41. The van der Waals surface area contributed by atoms with Gasteiger partial charge in [-0.2, -0.15) is 0 Å². The van der Waals surface area contributed by atoms with Crippen molar-refractivity contribution in [1.29, 1.82) is 0 Å². The van der Waals surface area contributed by atoms with Gasteiger partial charge in [0.05, 0.1) is 13.2 Å². The molecule has 1 aromatic rings. The van der Waals surface area contributed by atoms with E-state index < -0.39 is 0 Å². The summed E-state index contributed by atoms with van der Waals surface area (Å²) < 4.78 is 5.28. The molecule has 1 saturated heterocycles. The van der Waals surface area contributed by atoms with Gasteiger partial charge in [0, 0.05) is 43.9 Å². The summed E-state index contributed by atoms with van der Waals surface area (Å²) in [4.78, 5) is 25.6. The van der Waals surface area contributed by atoms with Gasteiger partial charge in [-0.1, -0.05) is 6.92 Å². The topological polar surface area (TPSA) is 70.7 Å². The number of hydrogen-bond acceptors (Lipinski definition) is 4. The molecular formula is C16H23N3O3. The second-order valence-electron chi connectivity index (χ2n) is 5.19. The normalized spacial score (nSPS) is 15.3. The summed E-state index contributed by atoms with van der Waals surface area (Å²) >= 11 is 0. The molecule has 2 amide bonds. The first kappa shape index (κ1) is 16.5. The van der Waals surface area contributed by atoms with Gasteiger partial charge in [-0.05, 0) is 24.3 Å². The van der Waals surface area contributed by atoms with E-state index >= 15 is 0 Å². The summed E-state index contributed by atoms with van der Waals surface area (Å²) in [6.07, 6.45) is 0.434. The Morgan fingerprint density at radius 3 is 2.50 bits per heavy atom. The Morgan fingerprint density at radius 1 is 1.18 bits per heavy atom. The Bertz CT molecular complexity index is 496. The van der Waals surface area contributed by atoms with Crippen molar-refractivity contribution in [3.05, 3.63) is 29.8 Å². The molecule has 0 atom stereocenters. The number of rotatable bonds is 6. The van der Waals surface area contributed by atoms with Crippen molar-refractivity contribution in [2.24, 2.45) is 0 Å². The van der Waals surface area contributed by atoms with E-state index in [4.69, 9.17) is 4.74 Å². The molecule has 0 saturated carbocycles. The van der Waals surface area contributed by atoms with Gasteiger partial charge in [-0.15, -0.1) is 0 Å². The van der Waals surface area contributed by atoms with Crippen LogP contribution in [-0.2, 0) is 9.53 Å². The molecule has 0 radical (unpaired) electrons. The van der Waals surface area contributed by atoms with Crippen LogP contribution in [0.1, 0.15) is 23.7 Å². The van der Waals surface area contributed by atoms with Crippen LogP contribution in [0.5, 0.6) is 0 Å². The molecule has 1 aliphatic heterocycles. The van der Waals surface area contributed by atoms with E-state index in [1.54, 1.807) is 31.2 Å². The third-order valence-electron chi connectivity index (χ3n) is 3.57. The molecule has 6 heteroatoms. The Morgan fingerprint density at radius 2 is 1.86 bits per heavy atom. The second kappa shape index (κ2) is 8.51. The molecule has 1 aliphatic rings. The minimum absolute atomic E-state index is 0.0392. The summed E-state index contributed by atoms with van der Waals surface area (Å²) in [5, 5.41) is 5.66. The fourth-order valence-electron chi connectivity index (χ4n) is 2.21. The predicted molar refractivity (Wildman–Crippen MR) is 85.0 cm³/mol. The third-order valence-corrected chi connectivity index (χ3v) is 3.57. The van der Waals surface area contributed by atoms with Crippen LogP contribution in [0.25, 0.3) is 0 Å². The van der Waals surface area contributed by atoms with Crippen LogP contribution in [0, 0.1) is 0 Å². The molecular weight excluding hydrogens is 282 g/mol. The number of carbonyl (C=O) groups is 2. The quantitative estimate of drug-likeness (QED) is 0.825. The number of nitrogens with one attached hydrogen (secondary N) is 2. The van der Waals surface area contributed by atoms with E-state index in [1.165, 1.54) is 0 Å². The predicted octanol–water partition coefficient (Wildman–Crippen LogP) is 1.10. The van der Waals surface area contributed by atoms with Crippen molar-refractivity contribution in [2.75, 3.05) is 44.7 Å². The molecule has 0 spiro atoms. The smallest absolute Gasteiger partial charge is 0.251 e. The maximum absolute atomic E-state index is 12.0. The number of benzene rings is 1. The Labute approximate surface area is 130 Å². The summed E-state index contributed by atoms with van der Waals surface area (Å²) in [5.74, 6) is -0.135. The molecule has 0 aliphatic carbocycles. The highest BCUT2D eigenvalue weighted by Crippen LogP contribution is 2.09. The molecule has 0 unspecified atom stereocenters. The van der Waals surface area contributed by atoms with Gasteiger partial charge in [0.15, 0.2) is 0 Å². The van der Waals surface area contributed by atoms with Crippen LogP contribution < -0.4 is 10.6 Å². The number of anilines is 1. The summed E-state index contributed by atoms with van der Waals surface area (Å²) in [6, 6.07) is 6.92. The average molecular weight is 305 g/mol. The highest BCUT2D eigenvalue weighted by molar-refractivity contribution is 5.95. The zero-order valence-electron chi connectivity index (χ0n) is 12.9. The van der Waals surface area contributed by atoms with Gasteiger partial charge >= 0.3 is 0 Å². The van der Waals surface area contributed by atoms with Crippen LogP contribution in [0.4, 0.5) is 5.69 Å².